The van der Waals surface area contributed by atoms with Crippen molar-refractivity contribution in [1.82, 2.24) is 10.3 Å². The van der Waals surface area contributed by atoms with Crippen LogP contribution in [-0.4, -0.2) is 17.4 Å². The van der Waals surface area contributed by atoms with Crippen LogP contribution in [0.3, 0.4) is 0 Å². The zero-order valence-corrected chi connectivity index (χ0v) is 11.9. The lowest BCUT2D eigenvalue weighted by Gasteiger charge is -2.25. The van der Waals surface area contributed by atoms with Gasteiger partial charge in [0.25, 0.3) is 0 Å². The molecule has 21 heavy (non-hydrogen) atoms. The van der Waals surface area contributed by atoms with Crippen molar-refractivity contribution in [3.05, 3.63) is 35.8 Å². The first-order valence-electron chi connectivity index (χ1n) is 7.73. The summed E-state index contributed by atoms with van der Waals surface area (Å²) in [7, 11) is 0. The molecule has 2 aliphatic carbocycles. The monoisotopic (exact) mass is 286 g/mol. The minimum absolute atomic E-state index is 0.00541. The normalized spacial score (nSPS) is 20.2. The zero-order chi connectivity index (χ0) is 14.4. The second-order valence-corrected chi connectivity index (χ2v) is 6.52. The molecule has 2 aliphatic rings. The van der Waals surface area contributed by atoms with E-state index in [9.17, 15) is 9.18 Å². The first-order chi connectivity index (χ1) is 10.2. The van der Waals surface area contributed by atoms with Gasteiger partial charge in [0, 0.05) is 35.0 Å². The summed E-state index contributed by atoms with van der Waals surface area (Å²) in [4.78, 5) is 15.2. The third kappa shape index (κ3) is 2.13. The van der Waals surface area contributed by atoms with Crippen molar-refractivity contribution in [2.24, 2.45) is 5.92 Å². The fourth-order valence-corrected chi connectivity index (χ4v) is 3.29. The number of carbonyl (C=O) groups is 1. The van der Waals surface area contributed by atoms with Gasteiger partial charge in [-0.05, 0) is 49.4 Å². The fourth-order valence-electron chi connectivity index (χ4n) is 3.29. The van der Waals surface area contributed by atoms with Crippen molar-refractivity contribution in [3.8, 4) is 0 Å². The van der Waals surface area contributed by atoms with Crippen molar-refractivity contribution >= 4 is 16.8 Å². The third-order valence-electron chi connectivity index (χ3n) is 5.15. The summed E-state index contributed by atoms with van der Waals surface area (Å²) in [5.41, 5.74) is 2.11. The molecule has 0 spiro atoms. The Morgan fingerprint density at radius 3 is 2.86 bits per heavy atom. The van der Waals surface area contributed by atoms with Gasteiger partial charge in [-0.15, -0.1) is 0 Å². The van der Waals surface area contributed by atoms with E-state index in [0.717, 1.165) is 42.1 Å². The molecule has 0 saturated heterocycles. The van der Waals surface area contributed by atoms with Crippen LogP contribution in [0.15, 0.2) is 24.4 Å². The molecular formula is C17H19FN2O. The Kier molecular flexibility index (Phi) is 2.81. The summed E-state index contributed by atoms with van der Waals surface area (Å²) in [6, 6.07) is 4.84. The number of halogens is 1. The quantitative estimate of drug-likeness (QED) is 0.890. The number of nitrogens with one attached hydrogen (secondary N) is 2. The number of benzene rings is 1. The number of fused-ring (bicyclic) bond motifs is 1. The standard InChI is InChI=1S/C17H19FN2O/c18-12-4-5-15-13(8-12)14(9-19-15)17(6-7-17)10-20-16(21)11-2-1-3-11/h4-5,8-9,11,19H,1-3,6-7,10H2,(H,20,21). The number of carbonyl (C=O) groups excluding carboxylic acids is 1. The Bertz CT molecular complexity index is 698. The van der Waals surface area contributed by atoms with Gasteiger partial charge in [-0.3, -0.25) is 4.79 Å². The largest absolute Gasteiger partial charge is 0.361 e. The summed E-state index contributed by atoms with van der Waals surface area (Å²) in [6.07, 6.45) is 7.31. The highest BCUT2D eigenvalue weighted by molar-refractivity contribution is 5.85. The molecule has 4 rings (SSSR count). The Balaban J connectivity index is 1.56. The maximum Gasteiger partial charge on any atom is 0.223 e. The number of rotatable bonds is 4. The molecule has 3 nitrogen and oxygen atoms in total. The lowest BCUT2D eigenvalue weighted by Crippen LogP contribution is -2.38. The van der Waals surface area contributed by atoms with Gasteiger partial charge in [0.15, 0.2) is 0 Å². The lowest BCUT2D eigenvalue weighted by atomic mass is 9.84. The van der Waals surface area contributed by atoms with Crippen molar-refractivity contribution in [2.75, 3.05) is 6.54 Å². The predicted octanol–water partition coefficient (Wildman–Crippen LogP) is 3.25. The van der Waals surface area contributed by atoms with E-state index in [4.69, 9.17) is 0 Å². The van der Waals surface area contributed by atoms with Crippen LogP contribution in [0, 0.1) is 11.7 Å². The van der Waals surface area contributed by atoms with Crippen LogP contribution in [0.5, 0.6) is 0 Å². The first-order valence-corrected chi connectivity index (χ1v) is 7.73. The Hall–Kier alpha value is -1.84. The lowest BCUT2D eigenvalue weighted by molar-refractivity contribution is -0.127. The van der Waals surface area contributed by atoms with Crippen LogP contribution in [0.1, 0.15) is 37.7 Å². The minimum atomic E-state index is -0.211. The number of amides is 1. The highest BCUT2D eigenvalue weighted by Gasteiger charge is 2.46. The average Bonchev–Trinajstić information content (AvgIpc) is 3.07. The average molecular weight is 286 g/mol. The highest BCUT2D eigenvalue weighted by Crippen LogP contribution is 2.50. The van der Waals surface area contributed by atoms with E-state index in [1.807, 2.05) is 6.20 Å². The molecule has 1 heterocycles. The molecule has 1 aromatic heterocycles. The SMILES string of the molecule is O=C(NCC1(c2c[nH]c3ccc(F)cc23)CC1)C1CCC1. The number of H-pyrrole nitrogens is 1. The summed E-state index contributed by atoms with van der Waals surface area (Å²) < 4.78 is 13.5. The van der Waals surface area contributed by atoms with E-state index in [2.05, 4.69) is 10.3 Å². The predicted molar refractivity (Wildman–Crippen MR) is 79.5 cm³/mol. The molecule has 0 aliphatic heterocycles. The van der Waals surface area contributed by atoms with Crippen molar-refractivity contribution < 1.29 is 9.18 Å². The molecule has 0 unspecified atom stereocenters. The van der Waals surface area contributed by atoms with Gasteiger partial charge in [0.05, 0.1) is 0 Å². The number of aromatic nitrogens is 1. The van der Waals surface area contributed by atoms with Crippen LogP contribution in [-0.2, 0) is 10.2 Å². The molecular weight excluding hydrogens is 267 g/mol. The Morgan fingerprint density at radius 1 is 1.38 bits per heavy atom. The second kappa shape index (κ2) is 4.58. The maximum absolute atomic E-state index is 13.5. The molecule has 2 aromatic rings. The third-order valence-corrected chi connectivity index (χ3v) is 5.15. The van der Waals surface area contributed by atoms with E-state index >= 15 is 0 Å². The molecule has 0 bridgehead atoms. The van der Waals surface area contributed by atoms with E-state index in [-0.39, 0.29) is 23.1 Å². The smallest absolute Gasteiger partial charge is 0.223 e. The van der Waals surface area contributed by atoms with Crippen molar-refractivity contribution in [1.29, 1.82) is 0 Å². The zero-order valence-electron chi connectivity index (χ0n) is 11.9. The molecule has 0 radical (unpaired) electrons. The Morgan fingerprint density at radius 2 is 2.19 bits per heavy atom. The van der Waals surface area contributed by atoms with Crippen molar-refractivity contribution in [3.63, 3.8) is 0 Å². The van der Waals surface area contributed by atoms with Crippen LogP contribution in [0.2, 0.25) is 0 Å². The molecule has 1 amide bonds. The molecule has 4 heteroatoms. The highest BCUT2D eigenvalue weighted by atomic mass is 19.1. The molecule has 2 N–H and O–H groups in total. The van der Waals surface area contributed by atoms with Gasteiger partial charge in [-0.2, -0.15) is 0 Å². The van der Waals surface area contributed by atoms with E-state index < -0.39 is 0 Å². The first kappa shape index (κ1) is 12.9. The van der Waals surface area contributed by atoms with Gasteiger partial charge in [-0.1, -0.05) is 6.42 Å². The van der Waals surface area contributed by atoms with Crippen molar-refractivity contribution in [2.45, 2.75) is 37.5 Å². The molecule has 2 fully saturated rings. The summed E-state index contributed by atoms with van der Waals surface area (Å²) >= 11 is 0. The van der Waals surface area contributed by atoms with Crippen LogP contribution in [0.25, 0.3) is 10.9 Å². The van der Waals surface area contributed by atoms with Crippen LogP contribution >= 0.6 is 0 Å². The van der Waals surface area contributed by atoms with Gasteiger partial charge < -0.3 is 10.3 Å². The van der Waals surface area contributed by atoms with E-state index in [1.165, 1.54) is 12.5 Å². The van der Waals surface area contributed by atoms with Crippen LogP contribution < -0.4 is 5.32 Å². The molecule has 0 atom stereocenters. The maximum atomic E-state index is 13.5. The van der Waals surface area contributed by atoms with E-state index in [0.29, 0.717) is 6.54 Å². The fraction of sp³-hybridized carbons (Fsp3) is 0.471. The van der Waals surface area contributed by atoms with Gasteiger partial charge in [-0.25, -0.2) is 4.39 Å². The number of hydrogen-bond acceptors (Lipinski definition) is 1. The number of aromatic amines is 1. The Labute approximate surface area is 122 Å². The number of hydrogen-bond donors (Lipinski definition) is 2. The minimum Gasteiger partial charge on any atom is -0.361 e. The van der Waals surface area contributed by atoms with Gasteiger partial charge >= 0.3 is 0 Å². The van der Waals surface area contributed by atoms with Gasteiger partial charge in [0.2, 0.25) is 5.91 Å². The van der Waals surface area contributed by atoms with E-state index in [1.54, 1.807) is 12.1 Å². The molecule has 1 aromatic carbocycles. The summed E-state index contributed by atoms with van der Waals surface area (Å²) in [6.45, 7) is 0.672. The molecule has 2 saturated carbocycles. The van der Waals surface area contributed by atoms with Gasteiger partial charge in [0.1, 0.15) is 5.82 Å². The summed E-state index contributed by atoms with van der Waals surface area (Å²) in [5.74, 6) is 0.206. The van der Waals surface area contributed by atoms with Crippen LogP contribution in [0.4, 0.5) is 4.39 Å². The topological polar surface area (TPSA) is 44.9 Å². The molecule has 110 valence electrons. The summed E-state index contributed by atoms with van der Waals surface area (Å²) in [5, 5.41) is 4.06. The second-order valence-electron chi connectivity index (χ2n) is 6.52.